The molecular formula is C14H26F3NO2Si. The molecule has 0 spiro atoms. The summed E-state index contributed by atoms with van der Waals surface area (Å²) in [4.78, 5) is 0. The van der Waals surface area contributed by atoms with Gasteiger partial charge in [0.15, 0.2) is 0 Å². The van der Waals surface area contributed by atoms with Gasteiger partial charge in [0.2, 0.25) is 0 Å². The Hall–Kier alpha value is -0.113. The van der Waals surface area contributed by atoms with Crippen LogP contribution in [0.4, 0.5) is 13.2 Å². The van der Waals surface area contributed by atoms with Crippen molar-refractivity contribution in [3.05, 3.63) is 0 Å². The van der Waals surface area contributed by atoms with Crippen LogP contribution in [0, 0.1) is 5.92 Å². The van der Waals surface area contributed by atoms with E-state index >= 15 is 0 Å². The predicted octanol–water partition coefficient (Wildman–Crippen LogP) is 3.52. The quantitative estimate of drug-likeness (QED) is 0.785. The highest BCUT2D eigenvalue weighted by atomic mass is 28.4. The van der Waals surface area contributed by atoms with Crippen molar-refractivity contribution in [1.29, 1.82) is 0 Å². The lowest BCUT2D eigenvalue weighted by Gasteiger charge is -2.45. The average molecular weight is 325 g/mol. The molecule has 2 rings (SSSR count). The van der Waals surface area contributed by atoms with Gasteiger partial charge in [0.25, 0.3) is 0 Å². The molecule has 2 fully saturated rings. The molecule has 0 aromatic carbocycles. The summed E-state index contributed by atoms with van der Waals surface area (Å²) in [6, 6.07) is 0.402. The molecule has 1 saturated carbocycles. The molecule has 3 unspecified atom stereocenters. The van der Waals surface area contributed by atoms with Crippen molar-refractivity contribution in [2.45, 2.75) is 68.9 Å². The molecular weight excluding hydrogens is 299 g/mol. The first-order chi connectivity index (χ1) is 9.90. The standard InChI is InChI=1S/C14H26F3NO2Si/c1-19-21(20-2,10-9-14(15,16)17)13-8-7-11-5-3-4-6-12(11)18-13/h11-13,18H,3-10H2,1-2H3. The number of hydrogen-bond donors (Lipinski definition) is 1. The minimum absolute atomic E-state index is 0.0292. The highest BCUT2D eigenvalue weighted by molar-refractivity contribution is 6.69. The molecule has 0 bridgehead atoms. The maximum atomic E-state index is 12.6. The Kier molecular flexibility index (Phi) is 5.73. The van der Waals surface area contributed by atoms with E-state index in [1.807, 2.05) is 0 Å². The van der Waals surface area contributed by atoms with Crippen LogP contribution in [-0.2, 0) is 8.85 Å². The molecule has 124 valence electrons. The lowest BCUT2D eigenvalue weighted by Crippen LogP contribution is -2.64. The Labute approximate surface area is 125 Å². The van der Waals surface area contributed by atoms with Gasteiger partial charge in [-0.1, -0.05) is 12.8 Å². The fourth-order valence-corrected chi connectivity index (χ4v) is 7.10. The molecule has 21 heavy (non-hydrogen) atoms. The molecule has 3 atom stereocenters. The first-order valence-electron chi connectivity index (χ1n) is 7.83. The van der Waals surface area contributed by atoms with Gasteiger partial charge in [0.1, 0.15) is 0 Å². The Morgan fingerprint density at radius 2 is 1.71 bits per heavy atom. The van der Waals surface area contributed by atoms with Crippen LogP contribution in [0.15, 0.2) is 0 Å². The van der Waals surface area contributed by atoms with Gasteiger partial charge in [-0.25, -0.2) is 0 Å². The van der Waals surface area contributed by atoms with E-state index in [-0.39, 0.29) is 11.7 Å². The molecule has 2 aliphatic rings. The van der Waals surface area contributed by atoms with Crippen LogP contribution in [0.25, 0.3) is 0 Å². The minimum atomic E-state index is -4.16. The molecule has 0 radical (unpaired) electrons. The van der Waals surface area contributed by atoms with E-state index in [2.05, 4.69) is 5.32 Å². The summed E-state index contributed by atoms with van der Waals surface area (Å²) in [6.45, 7) is 0. The van der Waals surface area contributed by atoms with Crippen LogP contribution in [0.1, 0.15) is 44.9 Å². The third kappa shape index (κ3) is 4.21. The predicted molar refractivity (Wildman–Crippen MR) is 77.2 cm³/mol. The van der Waals surface area contributed by atoms with Crippen LogP contribution < -0.4 is 5.32 Å². The summed E-state index contributed by atoms with van der Waals surface area (Å²) in [5.41, 5.74) is -0.0331. The van der Waals surface area contributed by atoms with E-state index in [1.165, 1.54) is 33.5 Å². The number of piperidine rings is 1. The summed E-state index contributed by atoms with van der Waals surface area (Å²) in [7, 11) is 0.142. The zero-order valence-electron chi connectivity index (χ0n) is 12.8. The van der Waals surface area contributed by atoms with E-state index in [0.29, 0.717) is 12.0 Å². The largest absolute Gasteiger partial charge is 0.397 e. The average Bonchev–Trinajstić information content (AvgIpc) is 2.47. The van der Waals surface area contributed by atoms with Crippen molar-refractivity contribution in [3.63, 3.8) is 0 Å². The summed E-state index contributed by atoms with van der Waals surface area (Å²) in [6.07, 6.45) is 1.81. The van der Waals surface area contributed by atoms with E-state index in [4.69, 9.17) is 8.85 Å². The zero-order valence-corrected chi connectivity index (χ0v) is 13.8. The molecule has 0 aromatic rings. The van der Waals surface area contributed by atoms with E-state index in [9.17, 15) is 13.2 Å². The van der Waals surface area contributed by atoms with Gasteiger partial charge in [-0.3, -0.25) is 0 Å². The lowest BCUT2D eigenvalue weighted by molar-refractivity contribution is -0.132. The Balaban J connectivity index is 2.03. The van der Waals surface area contributed by atoms with Gasteiger partial charge in [0, 0.05) is 32.7 Å². The Bertz CT molecular complexity index is 337. The van der Waals surface area contributed by atoms with Gasteiger partial charge >= 0.3 is 14.7 Å². The van der Waals surface area contributed by atoms with E-state index in [1.54, 1.807) is 0 Å². The molecule has 1 aliphatic heterocycles. The van der Waals surface area contributed by atoms with Crippen LogP contribution in [0.3, 0.4) is 0 Å². The molecule has 1 aliphatic carbocycles. The van der Waals surface area contributed by atoms with Gasteiger partial charge < -0.3 is 14.2 Å². The van der Waals surface area contributed by atoms with Crippen molar-refractivity contribution in [3.8, 4) is 0 Å². The third-order valence-electron chi connectivity index (χ3n) is 5.13. The maximum absolute atomic E-state index is 12.6. The Morgan fingerprint density at radius 1 is 1.05 bits per heavy atom. The second-order valence-corrected chi connectivity index (χ2v) is 9.92. The first-order valence-corrected chi connectivity index (χ1v) is 9.93. The molecule has 3 nitrogen and oxygen atoms in total. The van der Waals surface area contributed by atoms with Gasteiger partial charge in [-0.15, -0.1) is 0 Å². The van der Waals surface area contributed by atoms with Crippen LogP contribution in [0.5, 0.6) is 0 Å². The molecule has 0 aromatic heterocycles. The fourth-order valence-electron chi connectivity index (χ4n) is 3.90. The summed E-state index contributed by atoms with van der Waals surface area (Å²) >= 11 is 0. The SMILES string of the molecule is CO[Si](CCC(F)(F)F)(OC)C1CCC2CCCCC2N1. The van der Waals surface area contributed by atoms with E-state index in [0.717, 1.165) is 19.3 Å². The van der Waals surface area contributed by atoms with Crippen molar-refractivity contribution in [2.24, 2.45) is 5.92 Å². The third-order valence-corrected chi connectivity index (χ3v) is 8.98. The number of alkyl halides is 3. The number of nitrogens with one attached hydrogen (secondary N) is 1. The smallest absolute Gasteiger partial charge is 0.389 e. The number of fused-ring (bicyclic) bond motifs is 1. The fraction of sp³-hybridized carbons (Fsp3) is 1.00. The van der Waals surface area contributed by atoms with Crippen molar-refractivity contribution in [1.82, 2.24) is 5.32 Å². The highest BCUT2D eigenvalue weighted by Gasteiger charge is 2.49. The first kappa shape index (κ1) is 17.2. The van der Waals surface area contributed by atoms with Crippen molar-refractivity contribution < 1.29 is 22.0 Å². The van der Waals surface area contributed by atoms with Crippen LogP contribution in [0.2, 0.25) is 6.04 Å². The van der Waals surface area contributed by atoms with Crippen LogP contribution in [-0.4, -0.2) is 40.7 Å². The second-order valence-electron chi connectivity index (χ2n) is 6.28. The molecule has 0 amide bonds. The summed E-state index contributed by atoms with van der Waals surface area (Å²) in [5.74, 6) is 0.679. The number of rotatable bonds is 5. The molecule has 1 heterocycles. The van der Waals surface area contributed by atoms with Gasteiger partial charge in [-0.2, -0.15) is 13.2 Å². The molecule has 1 N–H and O–H groups in total. The lowest BCUT2D eigenvalue weighted by atomic mass is 9.79. The summed E-state index contributed by atoms with van der Waals surface area (Å²) in [5, 5.41) is 3.58. The maximum Gasteiger partial charge on any atom is 0.389 e. The monoisotopic (exact) mass is 325 g/mol. The Morgan fingerprint density at radius 3 is 2.33 bits per heavy atom. The highest BCUT2D eigenvalue weighted by Crippen LogP contribution is 2.37. The molecule has 7 heteroatoms. The normalized spacial score (nSPS) is 31.0. The number of halogens is 3. The summed E-state index contributed by atoms with van der Waals surface area (Å²) < 4.78 is 48.9. The number of hydrogen-bond acceptors (Lipinski definition) is 3. The zero-order chi connectivity index (χ0) is 15.5. The van der Waals surface area contributed by atoms with Crippen LogP contribution >= 0.6 is 0 Å². The van der Waals surface area contributed by atoms with Gasteiger partial charge in [-0.05, 0) is 31.6 Å². The van der Waals surface area contributed by atoms with Crippen molar-refractivity contribution >= 4 is 8.56 Å². The van der Waals surface area contributed by atoms with Gasteiger partial charge in [0.05, 0.1) is 5.67 Å². The van der Waals surface area contributed by atoms with E-state index < -0.39 is 21.2 Å². The molecule has 1 saturated heterocycles. The second kappa shape index (κ2) is 6.98. The topological polar surface area (TPSA) is 30.5 Å². The minimum Gasteiger partial charge on any atom is -0.397 e. The van der Waals surface area contributed by atoms with Crippen molar-refractivity contribution in [2.75, 3.05) is 14.2 Å².